The zero-order chi connectivity index (χ0) is 51.3. The summed E-state index contributed by atoms with van der Waals surface area (Å²) < 4.78 is 22.8. The van der Waals surface area contributed by atoms with Crippen molar-refractivity contribution in [3.8, 4) is 0 Å². The van der Waals surface area contributed by atoms with Crippen molar-refractivity contribution in [3.63, 3.8) is 0 Å². The molecule has 0 fully saturated rings. The number of esters is 2. The van der Waals surface area contributed by atoms with Gasteiger partial charge in [-0.2, -0.15) is 0 Å². The molecule has 0 aromatic carbocycles. The third-order valence-corrected chi connectivity index (χ3v) is 11.6. The summed E-state index contributed by atoms with van der Waals surface area (Å²) >= 11 is 0. The molecule has 0 heterocycles. The summed E-state index contributed by atoms with van der Waals surface area (Å²) in [7, 11) is 5.95. The van der Waals surface area contributed by atoms with Gasteiger partial charge in [0, 0.05) is 12.8 Å². The van der Waals surface area contributed by atoms with Gasteiger partial charge in [0.1, 0.15) is 13.2 Å². The molecule has 9 heteroatoms. The molecule has 0 bridgehead atoms. The van der Waals surface area contributed by atoms with E-state index >= 15 is 0 Å². The Bertz CT molecular complexity index is 1470. The number of nitrogens with zero attached hydrogens (tertiary/aromatic N) is 1. The highest BCUT2D eigenvalue weighted by molar-refractivity contribution is 5.71. The summed E-state index contributed by atoms with van der Waals surface area (Å²) in [6.07, 6.45) is 66.5. The number of carboxylic acids is 1. The highest BCUT2D eigenvalue weighted by Gasteiger charge is 2.25. The first kappa shape index (κ1) is 66.2. The van der Waals surface area contributed by atoms with E-state index in [1.165, 1.54) is 70.6 Å². The molecule has 400 valence electrons. The minimum atomic E-state index is -1.51. The van der Waals surface area contributed by atoms with Crippen molar-refractivity contribution in [2.45, 2.75) is 225 Å². The number of unbranched alkanes of at least 4 members (excludes halogenated alkanes) is 19. The number of aliphatic carboxylic acids is 1. The van der Waals surface area contributed by atoms with E-state index in [0.29, 0.717) is 17.4 Å². The largest absolute Gasteiger partial charge is 0.477 e. The fraction of sp³-hybridized carbons (Fsp3) is 0.689. The Kier molecular flexibility index (Phi) is 48.8. The zero-order valence-electron chi connectivity index (χ0n) is 45.4. The van der Waals surface area contributed by atoms with Gasteiger partial charge in [0.15, 0.2) is 6.10 Å². The molecule has 0 aliphatic carbocycles. The van der Waals surface area contributed by atoms with Crippen LogP contribution in [-0.4, -0.2) is 87.4 Å². The van der Waals surface area contributed by atoms with Gasteiger partial charge in [-0.15, -0.1) is 0 Å². The summed E-state index contributed by atoms with van der Waals surface area (Å²) in [6.45, 7) is 4.67. The molecular formula is C61H104NO8+. The van der Waals surface area contributed by atoms with Gasteiger partial charge in [-0.05, 0) is 89.9 Å². The third kappa shape index (κ3) is 52.0. The topological polar surface area (TPSA) is 108 Å². The normalized spacial score (nSPS) is 13.6. The molecule has 0 aliphatic heterocycles. The van der Waals surface area contributed by atoms with Crippen LogP contribution in [0.15, 0.2) is 97.2 Å². The number of carboxylic acid groups (broad SMARTS) is 1. The Morgan fingerprint density at radius 1 is 0.443 bits per heavy atom. The molecule has 0 saturated carbocycles. The van der Waals surface area contributed by atoms with E-state index in [1.807, 2.05) is 21.1 Å². The van der Waals surface area contributed by atoms with E-state index in [4.69, 9.17) is 18.9 Å². The maximum atomic E-state index is 12.8. The van der Waals surface area contributed by atoms with Crippen molar-refractivity contribution in [1.29, 1.82) is 0 Å². The minimum Gasteiger partial charge on any atom is -0.477 e. The Labute approximate surface area is 429 Å². The summed E-state index contributed by atoms with van der Waals surface area (Å²) in [6, 6.07) is 0. The highest BCUT2D eigenvalue weighted by atomic mass is 16.7. The van der Waals surface area contributed by atoms with Crippen LogP contribution in [0.1, 0.15) is 213 Å². The first-order chi connectivity index (χ1) is 34.1. The van der Waals surface area contributed by atoms with E-state index in [2.05, 4.69) is 111 Å². The summed E-state index contributed by atoms with van der Waals surface area (Å²) in [5.74, 6) is -2.03. The van der Waals surface area contributed by atoms with Crippen LogP contribution < -0.4 is 0 Å². The highest BCUT2D eigenvalue weighted by Crippen LogP contribution is 2.15. The molecule has 2 unspecified atom stereocenters. The number of carbonyl (C=O) groups is 3. The second kappa shape index (κ2) is 51.6. The molecule has 0 saturated heterocycles. The lowest BCUT2D eigenvalue weighted by Gasteiger charge is -2.25. The van der Waals surface area contributed by atoms with E-state index in [0.717, 1.165) is 109 Å². The van der Waals surface area contributed by atoms with Crippen molar-refractivity contribution in [3.05, 3.63) is 97.2 Å². The monoisotopic (exact) mass is 979 g/mol. The van der Waals surface area contributed by atoms with Crippen LogP contribution >= 0.6 is 0 Å². The van der Waals surface area contributed by atoms with E-state index in [-0.39, 0.29) is 38.6 Å². The maximum absolute atomic E-state index is 12.8. The minimum absolute atomic E-state index is 0.183. The number of hydrogen-bond acceptors (Lipinski definition) is 7. The molecule has 0 amide bonds. The Balaban J connectivity index is 4.10. The lowest BCUT2D eigenvalue weighted by atomic mass is 10.0. The first-order valence-electron chi connectivity index (χ1n) is 27.9. The van der Waals surface area contributed by atoms with Crippen molar-refractivity contribution in [1.82, 2.24) is 0 Å². The summed E-state index contributed by atoms with van der Waals surface area (Å²) in [5.41, 5.74) is 0. The Hall–Kier alpha value is -3.79. The zero-order valence-corrected chi connectivity index (χ0v) is 45.4. The van der Waals surface area contributed by atoms with Gasteiger partial charge in [0.2, 0.25) is 0 Å². The first-order valence-corrected chi connectivity index (χ1v) is 27.9. The van der Waals surface area contributed by atoms with E-state index in [1.54, 1.807) is 0 Å². The molecule has 0 radical (unpaired) electrons. The molecule has 70 heavy (non-hydrogen) atoms. The number of allylic oxidation sites excluding steroid dienone is 16. The molecule has 2 atom stereocenters. The Morgan fingerprint density at radius 2 is 0.814 bits per heavy atom. The van der Waals surface area contributed by atoms with Gasteiger partial charge < -0.3 is 28.5 Å². The van der Waals surface area contributed by atoms with Crippen LogP contribution in [-0.2, 0) is 33.3 Å². The lowest BCUT2D eigenvalue weighted by molar-refractivity contribution is -0.870. The summed E-state index contributed by atoms with van der Waals surface area (Å²) in [4.78, 5) is 37.2. The van der Waals surface area contributed by atoms with Crippen LogP contribution in [0.5, 0.6) is 0 Å². The third-order valence-electron chi connectivity index (χ3n) is 11.6. The van der Waals surface area contributed by atoms with E-state index in [9.17, 15) is 19.5 Å². The molecule has 0 aromatic rings. The van der Waals surface area contributed by atoms with Gasteiger partial charge >= 0.3 is 17.9 Å². The van der Waals surface area contributed by atoms with Crippen LogP contribution in [0, 0.1) is 0 Å². The maximum Gasteiger partial charge on any atom is 0.361 e. The second-order valence-electron chi connectivity index (χ2n) is 19.5. The van der Waals surface area contributed by atoms with Crippen LogP contribution in [0.2, 0.25) is 0 Å². The van der Waals surface area contributed by atoms with Gasteiger partial charge in [-0.3, -0.25) is 9.59 Å². The van der Waals surface area contributed by atoms with E-state index < -0.39 is 24.3 Å². The van der Waals surface area contributed by atoms with Crippen LogP contribution in [0.25, 0.3) is 0 Å². The number of quaternary nitrogens is 1. The average Bonchev–Trinajstić information content (AvgIpc) is 3.33. The lowest BCUT2D eigenvalue weighted by Crippen LogP contribution is -2.40. The summed E-state index contributed by atoms with van der Waals surface area (Å²) in [5, 5.41) is 9.66. The SMILES string of the molecule is CC/C=C\C/C=C\C/C=C\C/C=C\C/C=C\C/C=C\C/C=C\CCCCCCCCCCCCCCCC(=O)OC(COC(=O)CCCCCCC/C=C\CCC)COC(OCC[N+](C)(C)C)C(=O)O. The fourth-order valence-corrected chi connectivity index (χ4v) is 7.29. The molecule has 0 spiro atoms. The van der Waals surface area contributed by atoms with Crippen molar-refractivity contribution in [2.75, 3.05) is 47.5 Å². The predicted molar refractivity (Wildman–Crippen MR) is 295 cm³/mol. The van der Waals surface area contributed by atoms with Gasteiger partial charge in [0.05, 0.1) is 34.4 Å². The smallest absolute Gasteiger partial charge is 0.361 e. The van der Waals surface area contributed by atoms with Gasteiger partial charge in [-0.25, -0.2) is 4.79 Å². The average molecular weight is 980 g/mol. The number of rotatable bonds is 50. The molecule has 9 nitrogen and oxygen atoms in total. The second-order valence-corrected chi connectivity index (χ2v) is 19.5. The molecule has 0 aromatic heterocycles. The fourth-order valence-electron chi connectivity index (χ4n) is 7.29. The van der Waals surface area contributed by atoms with Crippen LogP contribution in [0.4, 0.5) is 0 Å². The number of ether oxygens (including phenoxy) is 4. The molecule has 1 N–H and O–H groups in total. The van der Waals surface area contributed by atoms with Crippen molar-refractivity contribution < 1.29 is 42.9 Å². The predicted octanol–water partition coefficient (Wildman–Crippen LogP) is 16.2. The number of hydrogen-bond donors (Lipinski definition) is 1. The standard InChI is InChI=1S/C61H103NO8/c1-6-8-10-12-14-16-18-19-20-21-22-23-24-25-26-27-28-29-30-31-32-33-34-35-36-37-38-39-40-41-42-44-46-48-50-52-59(64)70-57(56-69-61(60(65)66)67-54-53-62(3,4)5)55-68-58(63)51-49-47-45-43-17-15-13-11-9-7-2/h8,10-11,13-14,16,19-20,22-23,25-26,28-29,31-32,57,61H,6-7,9,12,15,17-18,21,24,27,30,33-56H2,1-5H3/p+1/b10-8-,13-11-,16-14-,20-19-,23-22-,26-25-,29-28-,32-31-. The number of carbonyl (C=O) groups excluding carboxylic acids is 2. The van der Waals surface area contributed by atoms with Gasteiger partial charge in [0.25, 0.3) is 6.29 Å². The molecule has 0 rings (SSSR count). The van der Waals surface area contributed by atoms with Crippen molar-refractivity contribution >= 4 is 17.9 Å². The molecule has 0 aliphatic rings. The van der Waals surface area contributed by atoms with Gasteiger partial charge in [-0.1, -0.05) is 207 Å². The Morgan fingerprint density at radius 3 is 1.23 bits per heavy atom. The van der Waals surface area contributed by atoms with Crippen LogP contribution in [0.3, 0.4) is 0 Å². The number of likely N-dealkylation sites (N-methyl/N-ethyl adjacent to an activating group) is 1. The molecular weight excluding hydrogens is 875 g/mol. The quantitative estimate of drug-likeness (QED) is 0.0211. The van der Waals surface area contributed by atoms with Crippen molar-refractivity contribution in [2.24, 2.45) is 0 Å².